The van der Waals surface area contributed by atoms with E-state index in [1.54, 1.807) is 12.1 Å². The van der Waals surface area contributed by atoms with Crippen LogP contribution in [0, 0.1) is 5.92 Å². The summed E-state index contributed by atoms with van der Waals surface area (Å²) < 4.78 is 5.31. The van der Waals surface area contributed by atoms with E-state index in [1.807, 2.05) is 0 Å². The molecule has 0 spiro atoms. The molecule has 3 N–H and O–H groups in total. The van der Waals surface area contributed by atoms with Crippen molar-refractivity contribution in [1.82, 2.24) is 15.2 Å². The fraction of sp³-hybridized carbons (Fsp3) is 0.500. The lowest BCUT2D eigenvalue weighted by molar-refractivity contribution is 0.420. The Bertz CT molecular complexity index is 552. The average Bonchev–Trinajstić information content (AvgIpc) is 3.07. The first kappa shape index (κ1) is 12.5. The van der Waals surface area contributed by atoms with Crippen molar-refractivity contribution >= 4 is 17.5 Å². The second-order valence-electron chi connectivity index (χ2n) is 4.78. The summed E-state index contributed by atoms with van der Waals surface area (Å²) in [6.45, 7) is 2.58. The molecule has 0 radical (unpaired) electrons. The highest BCUT2D eigenvalue weighted by molar-refractivity contribution is 6.28. The summed E-state index contributed by atoms with van der Waals surface area (Å²) in [4.78, 5) is 6.61. The predicted molar refractivity (Wildman–Crippen MR) is 73.1 cm³/mol. The Labute approximate surface area is 115 Å². The molecule has 0 bridgehead atoms. The number of H-pyrrole nitrogens is 1. The molecule has 0 aliphatic carbocycles. The summed E-state index contributed by atoms with van der Waals surface area (Å²) >= 11 is 5.75. The molecule has 1 atom stereocenters. The van der Waals surface area contributed by atoms with Gasteiger partial charge in [0.05, 0.1) is 0 Å². The topological polar surface area (TPSA) is 84.0 Å². The maximum Gasteiger partial charge on any atom is 0.245 e. The molecule has 1 fully saturated rings. The smallest absolute Gasteiger partial charge is 0.245 e. The van der Waals surface area contributed by atoms with Gasteiger partial charge in [0, 0.05) is 13.1 Å². The van der Waals surface area contributed by atoms with Gasteiger partial charge >= 0.3 is 0 Å². The van der Waals surface area contributed by atoms with Gasteiger partial charge in [-0.25, -0.2) is 0 Å². The number of aromatic nitrogens is 3. The van der Waals surface area contributed by atoms with Crippen LogP contribution in [0.3, 0.4) is 0 Å². The molecule has 2 aromatic heterocycles. The van der Waals surface area contributed by atoms with Gasteiger partial charge in [-0.05, 0) is 49.0 Å². The Hall–Kier alpha value is -1.53. The van der Waals surface area contributed by atoms with Crippen LogP contribution in [0.25, 0.3) is 11.6 Å². The summed E-state index contributed by atoms with van der Waals surface area (Å²) in [7, 11) is 0. The summed E-state index contributed by atoms with van der Waals surface area (Å²) in [6, 6.07) is 3.45. The van der Waals surface area contributed by atoms with Crippen LogP contribution in [-0.2, 0) is 0 Å². The second-order valence-corrected chi connectivity index (χ2v) is 5.15. The van der Waals surface area contributed by atoms with Gasteiger partial charge < -0.3 is 15.1 Å². The number of anilines is 1. The number of nitrogens with one attached hydrogen (secondary N) is 1. The second kappa shape index (κ2) is 5.22. The first-order valence-corrected chi connectivity index (χ1v) is 6.77. The molecule has 3 heterocycles. The standard InChI is InChI=1S/C12H16ClN5O/c13-10-4-3-9(19-10)11-15-12(17-16-11)18-5-1-2-8(6-14)7-18/h3-4,8H,1-2,5-7,14H2,(H,15,16,17). The lowest BCUT2D eigenvalue weighted by atomic mass is 9.99. The van der Waals surface area contributed by atoms with Crippen molar-refractivity contribution < 1.29 is 4.42 Å². The molecule has 1 aliphatic rings. The van der Waals surface area contributed by atoms with Gasteiger partial charge in [0.1, 0.15) is 0 Å². The van der Waals surface area contributed by atoms with Crippen molar-refractivity contribution in [1.29, 1.82) is 0 Å². The molecule has 1 aliphatic heterocycles. The Morgan fingerprint density at radius 2 is 2.42 bits per heavy atom. The Balaban J connectivity index is 1.77. The van der Waals surface area contributed by atoms with E-state index in [4.69, 9.17) is 21.8 Å². The minimum absolute atomic E-state index is 0.342. The van der Waals surface area contributed by atoms with Crippen molar-refractivity contribution in [3.8, 4) is 11.6 Å². The molecule has 2 aromatic rings. The minimum atomic E-state index is 0.342. The van der Waals surface area contributed by atoms with Crippen LogP contribution in [0.5, 0.6) is 0 Å². The van der Waals surface area contributed by atoms with Gasteiger partial charge in [-0.1, -0.05) is 0 Å². The molecule has 19 heavy (non-hydrogen) atoms. The first-order valence-electron chi connectivity index (χ1n) is 6.39. The summed E-state index contributed by atoms with van der Waals surface area (Å²) in [5.74, 6) is 2.40. The fourth-order valence-electron chi connectivity index (χ4n) is 2.39. The molecular weight excluding hydrogens is 266 g/mol. The van der Waals surface area contributed by atoms with Crippen LogP contribution >= 0.6 is 11.6 Å². The van der Waals surface area contributed by atoms with Crippen LogP contribution in [0.2, 0.25) is 5.22 Å². The van der Waals surface area contributed by atoms with Crippen LogP contribution < -0.4 is 10.6 Å². The number of furan rings is 1. The van der Waals surface area contributed by atoms with E-state index in [1.165, 1.54) is 6.42 Å². The minimum Gasteiger partial charge on any atom is -0.441 e. The van der Waals surface area contributed by atoms with Gasteiger partial charge in [-0.3, -0.25) is 5.10 Å². The molecule has 6 nitrogen and oxygen atoms in total. The highest BCUT2D eigenvalue weighted by Gasteiger charge is 2.22. The number of aromatic amines is 1. The Morgan fingerprint density at radius 3 is 3.16 bits per heavy atom. The van der Waals surface area contributed by atoms with Crippen LogP contribution in [0.1, 0.15) is 12.8 Å². The molecule has 7 heteroatoms. The third kappa shape index (κ3) is 2.59. The fourth-order valence-corrected chi connectivity index (χ4v) is 2.53. The first-order chi connectivity index (χ1) is 9.26. The normalized spacial score (nSPS) is 19.9. The molecule has 0 aromatic carbocycles. The van der Waals surface area contributed by atoms with Gasteiger partial charge in [0.15, 0.2) is 16.8 Å². The third-order valence-corrected chi connectivity index (χ3v) is 3.62. The molecular formula is C12H16ClN5O. The van der Waals surface area contributed by atoms with E-state index < -0.39 is 0 Å². The molecule has 1 unspecified atom stereocenters. The number of halogens is 1. The van der Waals surface area contributed by atoms with Crippen molar-refractivity contribution in [2.75, 3.05) is 24.5 Å². The summed E-state index contributed by atoms with van der Waals surface area (Å²) in [5.41, 5.74) is 5.74. The summed E-state index contributed by atoms with van der Waals surface area (Å²) in [6.07, 6.45) is 2.30. The van der Waals surface area contributed by atoms with Crippen molar-refractivity contribution in [2.24, 2.45) is 11.7 Å². The van der Waals surface area contributed by atoms with E-state index in [0.717, 1.165) is 19.5 Å². The van der Waals surface area contributed by atoms with Crippen LogP contribution in [-0.4, -0.2) is 34.8 Å². The monoisotopic (exact) mass is 281 g/mol. The third-order valence-electron chi connectivity index (χ3n) is 3.42. The average molecular weight is 282 g/mol. The number of rotatable bonds is 3. The number of hydrogen-bond donors (Lipinski definition) is 2. The lowest BCUT2D eigenvalue weighted by Gasteiger charge is -2.31. The van der Waals surface area contributed by atoms with Crippen LogP contribution in [0.4, 0.5) is 5.95 Å². The molecule has 3 rings (SSSR count). The number of nitrogens with two attached hydrogens (primary N) is 1. The number of piperidine rings is 1. The molecule has 0 saturated carbocycles. The van der Waals surface area contributed by atoms with E-state index in [0.29, 0.717) is 35.2 Å². The maximum atomic E-state index is 5.75. The summed E-state index contributed by atoms with van der Waals surface area (Å²) in [5, 5.41) is 7.46. The Kier molecular flexibility index (Phi) is 3.44. The predicted octanol–water partition coefficient (Wildman–Crippen LogP) is 1.89. The lowest BCUT2D eigenvalue weighted by Crippen LogP contribution is -2.38. The number of nitrogens with zero attached hydrogens (tertiary/aromatic N) is 3. The maximum absolute atomic E-state index is 5.75. The van der Waals surface area contributed by atoms with Crippen LogP contribution in [0.15, 0.2) is 16.5 Å². The van der Waals surface area contributed by atoms with E-state index in [2.05, 4.69) is 20.1 Å². The highest BCUT2D eigenvalue weighted by atomic mass is 35.5. The largest absolute Gasteiger partial charge is 0.441 e. The van der Waals surface area contributed by atoms with Gasteiger partial charge in [0.25, 0.3) is 0 Å². The molecule has 102 valence electrons. The van der Waals surface area contributed by atoms with E-state index >= 15 is 0 Å². The zero-order valence-corrected chi connectivity index (χ0v) is 11.2. The quantitative estimate of drug-likeness (QED) is 0.897. The van der Waals surface area contributed by atoms with Crippen molar-refractivity contribution in [3.05, 3.63) is 17.4 Å². The SMILES string of the molecule is NCC1CCCN(c2n[nH]c(-c3ccc(Cl)o3)n2)C1. The van der Waals surface area contributed by atoms with E-state index in [9.17, 15) is 0 Å². The number of hydrogen-bond acceptors (Lipinski definition) is 5. The van der Waals surface area contributed by atoms with Gasteiger partial charge in [-0.2, -0.15) is 4.98 Å². The van der Waals surface area contributed by atoms with Crippen molar-refractivity contribution in [2.45, 2.75) is 12.8 Å². The van der Waals surface area contributed by atoms with Gasteiger partial charge in [0.2, 0.25) is 5.95 Å². The molecule has 0 amide bonds. The molecule has 1 saturated heterocycles. The Morgan fingerprint density at radius 1 is 1.53 bits per heavy atom. The van der Waals surface area contributed by atoms with E-state index in [-0.39, 0.29) is 0 Å². The zero-order chi connectivity index (χ0) is 13.2. The highest BCUT2D eigenvalue weighted by Crippen LogP contribution is 2.24. The zero-order valence-electron chi connectivity index (χ0n) is 10.5. The van der Waals surface area contributed by atoms with Gasteiger partial charge in [-0.15, -0.1) is 5.10 Å². The van der Waals surface area contributed by atoms with Crippen molar-refractivity contribution in [3.63, 3.8) is 0 Å².